The molecule has 0 spiro atoms. The van der Waals surface area contributed by atoms with Crippen molar-refractivity contribution in [1.29, 1.82) is 0 Å². The van der Waals surface area contributed by atoms with E-state index in [-0.39, 0.29) is 11.9 Å². The van der Waals surface area contributed by atoms with Gasteiger partial charge >= 0.3 is 0 Å². The van der Waals surface area contributed by atoms with Crippen molar-refractivity contribution in [2.45, 2.75) is 18.7 Å². The Hall–Kier alpha value is -1.27. The van der Waals surface area contributed by atoms with E-state index in [1.807, 2.05) is 19.1 Å². The van der Waals surface area contributed by atoms with Gasteiger partial charge in [0, 0.05) is 38.2 Å². The zero-order valence-electron chi connectivity index (χ0n) is 12.9. The highest BCUT2D eigenvalue weighted by atomic mass is 32.2. The summed E-state index contributed by atoms with van der Waals surface area (Å²) in [7, 11) is 3.41. The van der Waals surface area contributed by atoms with E-state index < -0.39 is 0 Å². The van der Waals surface area contributed by atoms with Crippen LogP contribution in [0.5, 0.6) is 0 Å². The molecule has 0 heterocycles. The predicted molar refractivity (Wildman–Crippen MR) is 88.4 cm³/mol. The van der Waals surface area contributed by atoms with E-state index >= 15 is 0 Å². The Morgan fingerprint density at radius 2 is 2.19 bits per heavy atom. The van der Waals surface area contributed by atoms with E-state index in [2.05, 4.69) is 15.6 Å². The van der Waals surface area contributed by atoms with Crippen molar-refractivity contribution in [3.8, 4) is 0 Å². The number of halogens is 1. The number of aliphatic imine (C=N–C) groups is 1. The molecule has 0 aromatic heterocycles. The molecule has 0 saturated heterocycles. The van der Waals surface area contributed by atoms with Crippen LogP contribution in [0.1, 0.15) is 12.5 Å². The topological polar surface area (TPSA) is 45.7 Å². The van der Waals surface area contributed by atoms with Gasteiger partial charge in [-0.25, -0.2) is 4.39 Å². The second-order valence-electron chi connectivity index (χ2n) is 4.64. The molecule has 2 N–H and O–H groups in total. The molecule has 0 amide bonds. The van der Waals surface area contributed by atoms with Gasteiger partial charge in [-0.3, -0.25) is 4.99 Å². The number of ether oxygens (including phenoxy) is 1. The second kappa shape index (κ2) is 10.5. The van der Waals surface area contributed by atoms with Gasteiger partial charge in [-0.2, -0.15) is 11.8 Å². The molecule has 4 nitrogen and oxygen atoms in total. The largest absolute Gasteiger partial charge is 0.383 e. The standard InChI is InChI=1S/C15H24FN3OS/c1-12(10-20-3)19-15(17-2)18-8-9-21-11-13-6-4-5-7-14(13)16/h4-7,12H,8-11H2,1-3H3,(H2,17,18,19). The smallest absolute Gasteiger partial charge is 0.191 e. The average Bonchev–Trinajstić information content (AvgIpc) is 2.47. The lowest BCUT2D eigenvalue weighted by Crippen LogP contribution is -2.44. The zero-order valence-corrected chi connectivity index (χ0v) is 13.7. The number of nitrogens with one attached hydrogen (secondary N) is 2. The average molecular weight is 313 g/mol. The number of benzene rings is 1. The van der Waals surface area contributed by atoms with E-state index in [0.29, 0.717) is 12.4 Å². The van der Waals surface area contributed by atoms with Crippen LogP contribution in [0.4, 0.5) is 4.39 Å². The molecule has 118 valence electrons. The molecule has 0 aliphatic heterocycles. The molecule has 1 rings (SSSR count). The summed E-state index contributed by atoms with van der Waals surface area (Å²) >= 11 is 1.69. The summed E-state index contributed by atoms with van der Waals surface area (Å²) in [5, 5.41) is 6.46. The van der Waals surface area contributed by atoms with Crippen molar-refractivity contribution in [2.75, 3.05) is 33.1 Å². The number of nitrogens with zero attached hydrogens (tertiary/aromatic N) is 1. The third kappa shape index (κ3) is 7.34. The Morgan fingerprint density at radius 1 is 1.43 bits per heavy atom. The molecular weight excluding hydrogens is 289 g/mol. The molecule has 0 aliphatic rings. The van der Waals surface area contributed by atoms with Crippen molar-refractivity contribution < 1.29 is 9.13 Å². The number of guanidine groups is 1. The molecule has 0 radical (unpaired) electrons. The first kappa shape index (κ1) is 17.8. The van der Waals surface area contributed by atoms with E-state index in [9.17, 15) is 4.39 Å². The molecule has 21 heavy (non-hydrogen) atoms. The predicted octanol–water partition coefficient (Wildman–Crippen LogP) is 2.26. The Balaban J connectivity index is 2.19. The Labute approximate surface area is 130 Å². The van der Waals surface area contributed by atoms with E-state index in [1.165, 1.54) is 6.07 Å². The number of thioether (sulfide) groups is 1. The van der Waals surface area contributed by atoms with Gasteiger partial charge in [0.2, 0.25) is 0 Å². The molecule has 1 aromatic rings. The van der Waals surface area contributed by atoms with Gasteiger partial charge in [-0.05, 0) is 18.6 Å². The number of hydrogen-bond acceptors (Lipinski definition) is 3. The van der Waals surface area contributed by atoms with Gasteiger partial charge in [0.1, 0.15) is 5.82 Å². The van der Waals surface area contributed by atoms with Gasteiger partial charge in [0.25, 0.3) is 0 Å². The lowest BCUT2D eigenvalue weighted by molar-refractivity contribution is 0.179. The quantitative estimate of drug-likeness (QED) is 0.439. The molecule has 1 atom stereocenters. The highest BCUT2D eigenvalue weighted by molar-refractivity contribution is 7.98. The normalized spacial score (nSPS) is 13.0. The van der Waals surface area contributed by atoms with Crippen LogP contribution in [0.25, 0.3) is 0 Å². The van der Waals surface area contributed by atoms with Crippen LogP contribution in [0.15, 0.2) is 29.3 Å². The summed E-state index contributed by atoms with van der Waals surface area (Å²) < 4.78 is 18.5. The maximum Gasteiger partial charge on any atom is 0.191 e. The summed E-state index contributed by atoms with van der Waals surface area (Å²) in [5.74, 6) is 2.18. The minimum atomic E-state index is -0.135. The fourth-order valence-corrected chi connectivity index (χ4v) is 2.60. The third-order valence-corrected chi connectivity index (χ3v) is 3.79. The highest BCUT2D eigenvalue weighted by Gasteiger charge is 2.04. The van der Waals surface area contributed by atoms with Crippen LogP contribution >= 0.6 is 11.8 Å². The Kier molecular flexibility index (Phi) is 8.85. The minimum Gasteiger partial charge on any atom is -0.383 e. The Morgan fingerprint density at radius 3 is 2.86 bits per heavy atom. The van der Waals surface area contributed by atoms with Crippen molar-refractivity contribution in [1.82, 2.24) is 10.6 Å². The minimum absolute atomic E-state index is 0.135. The summed E-state index contributed by atoms with van der Waals surface area (Å²) in [6.45, 7) is 3.44. The molecule has 0 aliphatic carbocycles. The molecule has 6 heteroatoms. The van der Waals surface area contributed by atoms with Gasteiger partial charge in [0.05, 0.1) is 6.61 Å². The third-order valence-electron chi connectivity index (χ3n) is 2.78. The fourth-order valence-electron chi connectivity index (χ4n) is 1.76. The number of methoxy groups -OCH3 is 1. The molecule has 1 aromatic carbocycles. The van der Waals surface area contributed by atoms with Gasteiger partial charge in [-0.1, -0.05) is 18.2 Å². The van der Waals surface area contributed by atoms with E-state index in [1.54, 1.807) is 32.0 Å². The molecule has 0 saturated carbocycles. The summed E-state index contributed by atoms with van der Waals surface area (Å²) in [4.78, 5) is 4.15. The molecule has 0 fully saturated rings. The summed E-state index contributed by atoms with van der Waals surface area (Å²) in [6, 6.07) is 7.09. The molecule has 1 unspecified atom stereocenters. The van der Waals surface area contributed by atoms with Crippen LogP contribution in [0.2, 0.25) is 0 Å². The Bertz CT molecular complexity index is 443. The SMILES string of the molecule is CN=C(NCCSCc1ccccc1F)NC(C)COC. The first-order valence-corrected chi connectivity index (χ1v) is 8.10. The van der Waals surface area contributed by atoms with Gasteiger partial charge in [0.15, 0.2) is 5.96 Å². The number of hydrogen-bond donors (Lipinski definition) is 2. The monoisotopic (exact) mass is 313 g/mol. The van der Waals surface area contributed by atoms with Crippen LogP contribution in [-0.2, 0) is 10.5 Å². The van der Waals surface area contributed by atoms with Crippen molar-refractivity contribution in [2.24, 2.45) is 4.99 Å². The lowest BCUT2D eigenvalue weighted by atomic mass is 10.2. The van der Waals surface area contributed by atoms with Crippen LogP contribution < -0.4 is 10.6 Å². The fraction of sp³-hybridized carbons (Fsp3) is 0.533. The maximum absolute atomic E-state index is 13.4. The molecule has 0 bridgehead atoms. The zero-order chi connectivity index (χ0) is 15.5. The van der Waals surface area contributed by atoms with Crippen LogP contribution in [0.3, 0.4) is 0 Å². The van der Waals surface area contributed by atoms with E-state index in [4.69, 9.17) is 4.74 Å². The van der Waals surface area contributed by atoms with Crippen molar-refractivity contribution >= 4 is 17.7 Å². The first-order valence-electron chi connectivity index (χ1n) is 6.94. The van der Waals surface area contributed by atoms with Gasteiger partial charge < -0.3 is 15.4 Å². The maximum atomic E-state index is 13.4. The van der Waals surface area contributed by atoms with Gasteiger partial charge in [-0.15, -0.1) is 0 Å². The summed E-state index contributed by atoms with van der Waals surface area (Å²) in [6.07, 6.45) is 0. The van der Waals surface area contributed by atoms with Crippen LogP contribution in [0, 0.1) is 5.82 Å². The highest BCUT2D eigenvalue weighted by Crippen LogP contribution is 2.14. The summed E-state index contributed by atoms with van der Waals surface area (Å²) in [5.41, 5.74) is 0.749. The van der Waals surface area contributed by atoms with Crippen LogP contribution in [-0.4, -0.2) is 45.1 Å². The van der Waals surface area contributed by atoms with Crippen molar-refractivity contribution in [3.05, 3.63) is 35.6 Å². The first-order chi connectivity index (χ1) is 10.2. The second-order valence-corrected chi connectivity index (χ2v) is 5.75. The lowest BCUT2D eigenvalue weighted by Gasteiger charge is -2.17. The van der Waals surface area contributed by atoms with Crippen molar-refractivity contribution in [3.63, 3.8) is 0 Å². The van der Waals surface area contributed by atoms with E-state index in [0.717, 1.165) is 23.8 Å². The molecular formula is C15H24FN3OS. The number of rotatable bonds is 8.